The number of aromatic nitrogens is 3. The first-order chi connectivity index (χ1) is 19.9. The van der Waals surface area contributed by atoms with Crippen molar-refractivity contribution in [2.75, 3.05) is 28.7 Å². The number of β-lactam (4-membered cyclic amide) rings is 1. The van der Waals surface area contributed by atoms with Crippen LogP contribution in [0.15, 0.2) is 32.9 Å². The number of carboxylic acids is 2. The standard InChI is InChI=1S/C23H27N9O7S3/c1-3-31-13(5-12(24)28-22(31)25)40-6-10-7-41-20-16(19(36)32(20)17(10)21(37)38)29-18(35)15(11-8-42-23(26)27-11)30-39-9(2)4-14(33)34/h5,8-9,16,20H,3-4,6-7H2,1-2H3,(H8,24,25,26,27,28,29,33,34,35,37,38)/p+1/b30-15-/t9?,16-,20-/m1/s1. The van der Waals surface area contributed by atoms with Gasteiger partial charge in [0.25, 0.3) is 11.8 Å². The van der Waals surface area contributed by atoms with Gasteiger partial charge in [0.1, 0.15) is 33.9 Å². The number of rotatable bonds is 12. The average Bonchev–Trinajstić information content (AvgIpc) is 3.34. The number of hydrogen-bond acceptors (Lipinski definition) is 14. The van der Waals surface area contributed by atoms with Crippen LogP contribution in [0.3, 0.4) is 0 Å². The van der Waals surface area contributed by atoms with E-state index in [0.717, 1.165) is 16.2 Å². The highest BCUT2D eigenvalue weighted by molar-refractivity contribution is 8.01. The summed E-state index contributed by atoms with van der Waals surface area (Å²) in [5, 5.41) is 27.0. The Morgan fingerprint density at radius 3 is 2.67 bits per heavy atom. The molecule has 1 saturated heterocycles. The Labute approximate surface area is 251 Å². The lowest BCUT2D eigenvalue weighted by Gasteiger charge is -2.49. The number of nitrogens with two attached hydrogens (primary N) is 3. The van der Waals surface area contributed by atoms with E-state index in [1.165, 1.54) is 35.8 Å². The van der Waals surface area contributed by atoms with E-state index in [1.807, 2.05) is 6.92 Å². The normalized spacial score (nSPS) is 19.1. The van der Waals surface area contributed by atoms with E-state index >= 15 is 0 Å². The molecule has 16 nitrogen and oxygen atoms in total. The second-order valence-electron chi connectivity index (χ2n) is 9.05. The number of amides is 2. The van der Waals surface area contributed by atoms with Crippen molar-refractivity contribution in [2.45, 2.75) is 49.4 Å². The van der Waals surface area contributed by atoms with Gasteiger partial charge >= 0.3 is 17.9 Å². The zero-order chi connectivity index (χ0) is 30.7. The Morgan fingerprint density at radius 2 is 2.05 bits per heavy atom. The number of fused-ring (bicyclic) bond motifs is 1. The van der Waals surface area contributed by atoms with Crippen LogP contribution in [-0.4, -0.2) is 83.6 Å². The van der Waals surface area contributed by atoms with Crippen LogP contribution in [0.2, 0.25) is 0 Å². The quantitative estimate of drug-likeness (QED) is 0.0436. The number of nitrogens with one attached hydrogen (secondary N) is 1. The van der Waals surface area contributed by atoms with E-state index in [4.69, 9.17) is 27.1 Å². The van der Waals surface area contributed by atoms with Gasteiger partial charge in [0, 0.05) is 23.0 Å². The Kier molecular flexibility index (Phi) is 9.42. The maximum Gasteiger partial charge on any atom is 0.392 e. The summed E-state index contributed by atoms with van der Waals surface area (Å²) in [5.41, 5.74) is 17.6. The SMILES string of the molecule is CC[n+]1c(SCC2=C(C(=O)O)N3C(=O)[C@@H](NC(=O)/C(=N\OC(C)CC(=O)O)c4csc(N)n4)[C@H]3SC2)cc(N)nc1N. The van der Waals surface area contributed by atoms with Crippen LogP contribution in [0.5, 0.6) is 0 Å². The second-order valence-corrected chi connectivity index (χ2v) is 12.0. The maximum atomic E-state index is 13.2. The van der Waals surface area contributed by atoms with Gasteiger partial charge in [-0.2, -0.15) is 0 Å². The van der Waals surface area contributed by atoms with Gasteiger partial charge in [0.05, 0.1) is 13.0 Å². The van der Waals surface area contributed by atoms with Crippen LogP contribution >= 0.6 is 34.9 Å². The number of thiazole rings is 1. The van der Waals surface area contributed by atoms with E-state index < -0.39 is 41.3 Å². The number of anilines is 3. The van der Waals surface area contributed by atoms with Gasteiger partial charge in [-0.1, -0.05) is 21.9 Å². The molecule has 0 spiro atoms. The average molecular weight is 639 g/mol. The van der Waals surface area contributed by atoms with Crippen LogP contribution in [0.1, 0.15) is 26.0 Å². The number of aliphatic carboxylic acids is 2. The van der Waals surface area contributed by atoms with E-state index in [1.54, 1.807) is 10.6 Å². The lowest BCUT2D eigenvalue weighted by atomic mass is 10.0. The second kappa shape index (κ2) is 12.8. The van der Waals surface area contributed by atoms with E-state index in [2.05, 4.69) is 20.4 Å². The number of nitrogens with zero attached hydrogens (tertiary/aromatic N) is 5. The highest BCUT2D eigenvalue weighted by Gasteiger charge is 2.54. The van der Waals surface area contributed by atoms with Crippen molar-refractivity contribution in [3.05, 3.63) is 28.4 Å². The number of nitrogen functional groups attached to an aromatic ring is 3. The third-order valence-electron chi connectivity index (χ3n) is 6.07. The van der Waals surface area contributed by atoms with Gasteiger partial charge in [0.2, 0.25) is 5.82 Å². The van der Waals surface area contributed by atoms with Gasteiger partial charge in [-0.25, -0.2) is 14.3 Å². The fourth-order valence-electron chi connectivity index (χ4n) is 4.17. The fourth-order valence-corrected chi connectivity index (χ4v) is 7.34. The van der Waals surface area contributed by atoms with Gasteiger partial charge in [0.15, 0.2) is 10.8 Å². The van der Waals surface area contributed by atoms with Crippen molar-refractivity contribution in [1.82, 2.24) is 20.2 Å². The first-order valence-corrected chi connectivity index (χ1v) is 15.3. The molecule has 0 aromatic carbocycles. The first kappa shape index (κ1) is 30.8. The molecule has 2 aromatic heterocycles. The molecule has 4 rings (SSSR count). The predicted octanol–water partition coefficient (Wildman–Crippen LogP) is -0.293. The van der Waals surface area contributed by atoms with Crippen molar-refractivity contribution in [3.63, 3.8) is 0 Å². The molecule has 4 heterocycles. The molecule has 42 heavy (non-hydrogen) atoms. The third kappa shape index (κ3) is 6.52. The summed E-state index contributed by atoms with van der Waals surface area (Å²) < 4.78 is 1.74. The van der Waals surface area contributed by atoms with Gasteiger partial charge in [-0.15, -0.1) is 23.1 Å². The van der Waals surface area contributed by atoms with Crippen LogP contribution < -0.4 is 27.1 Å². The van der Waals surface area contributed by atoms with Crippen molar-refractivity contribution in [2.24, 2.45) is 5.16 Å². The first-order valence-electron chi connectivity index (χ1n) is 12.4. The lowest BCUT2D eigenvalue weighted by Crippen LogP contribution is -2.71. The van der Waals surface area contributed by atoms with Crippen LogP contribution in [-0.2, 0) is 30.6 Å². The number of oxime groups is 1. The summed E-state index contributed by atoms with van der Waals surface area (Å²) in [6.45, 7) is 3.87. The molecule has 1 unspecified atom stereocenters. The molecule has 9 N–H and O–H groups in total. The zero-order valence-electron chi connectivity index (χ0n) is 22.3. The number of carbonyl (C=O) groups excluding carboxylic acids is 2. The monoisotopic (exact) mass is 638 g/mol. The predicted molar refractivity (Wildman–Crippen MR) is 155 cm³/mol. The maximum absolute atomic E-state index is 13.2. The molecule has 19 heteroatoms. The summed E-state index contributed by atoms with van der Waals surface area (Å²) in [6.07, 6.45) is -1.22. The van der Waals surface area contributed by atoms with Crippen molar-refractivity contribution in [1.29, 1.82) is 0 Å². The molecule has 0 aliphatic carbocycles. The van der Waals surface area contributed by atoms with Crippen LogP contribution in [0.25, 0.3) is 0 Å². The van der Waals surface area contributed by atoms with E-state index in [-0.39, 0.29) is 51.9 Å². The van der Waals surface area contributed by atoms with E-state index in [9.17, 15) is 24.3 Å². The molecule has 1 fully saturated rings. The summed E-state index contributed by atoms with van der Waals surface area (Å²) >= 11 is 3.67. The Bertz CT molecular complexity index is 1500. The molecule has 0 bridgehead atoms. The fraction of sp³-hybridized carbons (Fsp3) is 0.391. The number of thioether (sulfide) groups is 2. The zero-order valence-corrected chi connectivity index (χ0v) is 24.8. The largest absolute Gasteiger partial charge is 0.481 e. The molecule has 2 aromatic rings. The Balaban J connectivity index is 1.51. The molecular formula is C23H28N9O7S3+. The van der Waals surface area contributed by atoms with Crippen LogP contribution in [0.4, 0.5) is 16.9 Å². The van der Waals surface area contributed by atoms with Gasteiger partial charge in [-0.05, 0) is 19.4 Å². The molecule has 0 radical (unpaired) electrons. The van der Waals surface area contributed by atoms with Crippen molar-refractivity contribution >= 4 is 81.2 Å². The Hall–Kier alpha value is -4.10. The smallest absolute Gasteiger partial charge is 0.392 e. The molecule has 2 amide bonds. The molecule has 2 aliphatic heterocycles. The third-order valence-corrected chi connectivity index (χ3v) is 9.21. The summed E-state index contributed by atoms with van der Waals surface area (Å²) in [6, 6.07) is 0.594. The molecule has 0 saturated carbocycles. The van der Waals surface area contributed by atoms with Gasteiger partial charge < -0.3 is 31.8 Å². The number of hydrogen-bond donors (Lipinski definition) is 6. The summed E-state index contributed by atoms with van der Waals surface area (Å²) in [5.74, 6) is -2.82. The van der Waals surface area contributed by atoms with Crippen molar-refractivity contribution in [3.8, 4) is 0 Å². The summed E-state index contributed by atoms with van der Waals surface area (Å²) in [7, 11) is 0. The van der Waals surface area contributed by atoms with Crippen molar-refractivity contribution < 1.29 is 38.8 Å². The molecule has 3 atom stereocenters. The Morgan fingerprint density at radius 1 is 1.31 bits per heavy atom. The topological polar surface area (TPSA) is 253 Å². The highest BCUT2D eigenvalue weighted by atomic mass is 32.2. The summed E-state index contributed by atoms with van der Waals surface area (Å²) in [4.78, 5) is 64.0. The highest BCUT2D eigenvalue weighted by Crippen LogP contribution is 2.41. The minimum Gasteiger partial charge on any atom is -0.481 e. The minimum absolute atomic E-state index is 0.0737. The van der Waals surface area contributed by atoms with Gasteiger partial charge in [-0.3, -0.25) is 25.0 Å². The number of carbonyl (C=O) groups is 4. The number of carboxylic acid groups (broad SMARTS) is 2. The molecule has 224 valence electrons. The lowest BCUT2D eigenvalue weighted by molar-refractivity contribution is -0.717. The minimum atomic E-state index is -1.27. The molecular weight excluding hydrogens is 611 g/mol. The molecule has 2 aliphatic rings. The van der Waals surface area contributed by atoms with E-state index in [0.29, 0.717) is 17.1 Å². The van der Waals surface area contributed by atoms with Crippen LogP contribution in [0, 0.1) is 0 Å².